The van der Waals surface area contributed by atoms with E-state index in [9.17, 15) is 8.42 Å². The van der Waals surface area contributed by atoms with Gasteiger partial charge in [0.1, 0.15) is 0 Å². The molecule has 0 saturated heterocycles. The van der Waals surface area contributed by atoms with E-state index in [0.717, 1.165) is 10.8 Å². The minimum Gasteiger partial charge on any atom is -0.330 e. The highest BCUT2D eigenvalue weighted by Gasteiger charge is 2.28. The molecule has 0 heterocycles. The smallest absolute Gasteiger partial charge is 0.206 e. The predicted molar refractivity (Wildman–Crippen MR) is 50.2 cm³/mol. The molecule has 0 unspecified atom stereocenters. The number of hydrogen-bond donors (Lipinski definition) is 1. The summed E-state index contributed by atoms with van der Waals surface area (Å²) in [7, 11) is -2.09. The SMILES string of the molecule is CC(C)(C)S(=O)(=O)SCCN. The van der Waals surface area contributed by atoms with Crippen molar-refractivity contribution in [3.05, 3.63) is 0 Å². The van der Waals surface area contributed by atoms with Crippen LogP contribution in [0.15, 0.2) is 0 Å². The Labute approximate surface area is 72.1 Å². The van der Waals surface area contributed by atoms with Gasteiger partial charge in [-0.1, -0.05) is 0 Å². The first-order valence-corrected chi connectivity index (χ1v) is 6.39. The van der Waals surface area contributed by atoms with Gasteiger partial charge in [-0.15, -0.1) is 0 Å². The van der Waals surface area contributed by atoms with Crippen LogP contribution < -0.4 is 5.73 Å². The lowest BCUT2D eigenvalue weighted by molar-refractivity contribution is 0.577. The van der Waals surface area contributed by atoms with Crippen LogP contribution >= 0.6 is 10.8 Å². The van der Waals surface area contributed by atoms with Crippen LogP contribution in [0.2, 0.25) is 0 Å². The van der Waals surface area contributed by atoms with Crippen LogP contribution in [-0.4, -0.2) is 25.5 Å². The molecule has 0 bridgehead atoms. The van der Waals surface area contributed by atoms with Crippen molar-refractivity contribution in [2.45, 2.75) is 25.5 Å². The largest absolute Gasteiger partial charge is 0.330 e. The van der Waals surface area contributed by atoms with Crippen molar-refractivity contribution in [1.82, 2.24) is 0 Å². The quantitative estimate of drug-likeness (QED) is 0.680. The lowest BCUT2D eigenvalue weighted by atomic mass is 10.3. The second-order valence-corrected chi connectivity index (χ2v) is 7.98. The number of rotatable bonds is 3. The fraction of sp³-hybridized carbons (Fsp3) is 1.00. The molecule has 0 amide bonds. The van der Waals surface area contributed by atoms with Gasteiger partial charge < -0.3 is 5.73 Å². The molecule has 0 aromatic carbocycles. The van der Waals surface area contributed by atoms with Crippen LogP contribution in [0.25, 0.3) is 0 Å². The molecule has 0 aromatic rings. The summed E-state index contributed by atoms with van der Waals surface area (Å²) >= 11 is 0. The van der Waals surface area contributed by atoms with Crippen molar-refractivity contribution in [3.63, 3.8) is 0 Å². The Kier molecular flexibility index (Phi) is 3.87. The second kappa shape index (κ2) is 3.78. The van der Waals surface area contributed by atoms with E-state index in [1.54, 1.807) is 20.8 Å². The summed E-state index contributed by atoms with van der Waals surface area (Å²) < 4.78 is 22.0. The summed E-state index contributed by atoms with van der Waals surface area (Å²) in [4.78, 5) is 0. The van der Waals surface area contributed by atoms with Gasteiger partial charge in [0.25, 0.3) is 0 Å². The third kappa shape index (κ3) is 3.44. The Bertz CT molecular complexity index is 203. The molecule has 0 spiro atoms. The Balaban J connectivity index is 4.26. The molecule has 0 atom stereocenters. The molecule has 68 valence electrons. The third-order valence-corrected chi connectivity index (χ3v) is 6.25. The molecule has 0 radical (unpaired) electrons. The Morgan fingerprint density at radius 3 is 2.09 bits per heavy atom. The van der Waals surface area contributed by atoms with Gasteiger partial charge in [0.05, 0.1) is 4.75 Å². The average Bonchev–Trinajstić information content (AvgIpc) is 1.81. The van der Waals surface area contributed by atoms with Gasteiger partial charge in [-0.3, -0.25) is 0 Å². The molecule has 0 aromatic heterocycles. The highest BCUT2D eigenvalue weighted by atomic mass is 33.1. The van der Waals surface area contributed by atoms with Gasteiger partial charge in [0.2, 0.25) is 8.87 Å². The Morgan fingerprint density at radius 2 is 1.82 bits per heavy atom. The molecule has 0 aliphatic heterocycles. The average molecular weight is 197 g/mol. The van der Waals surface area contributed by atoms with Crippen molar-refractivity contribution in [2.75, 3.05) is 12.3 Å². The maximum absolute atomic E-state index is 11.3. The first-order valence-electron chi connectivity index (χ1n) is 3.40. The summed E-state index contributed by atoms with van der Waals surface area (Å²) in [6.07, 6.45) is 0. The maximum Gasteiger partial charge on any atom is 0.206 e. The summed E-state index contributed by atoms with van der Waals surface area (Å²) in [5.74, 6) is 0.472. The lowest BCUT2D eigenvalue weighted by Gasteiger charge is -2.17. The van der Waals surface area contributed by atoms with E-state index in [4.69, 9.17) is 5.73 Å². The van der Waals surface area contributed by atoms with Crippen molar-refractivity contribution in [3.8, 4) is 0 Å². The van der Waals surface area contributed by atoms with Crippen LogP contribution in [0.3, 0.4) is 0 Å². The van der Waals surface area contributed by atoms with E-state index >= 15 is 0 Å². The van der Waals surface area contributed by atoms with Crippen LogP contribution in [-0.2, 0) is 8.87 Å². The molecule has 0 rings (SSSR count). The first-order chi connectivity index (χ1) is 4.81. The molecule has 3 nitrogen and oxygen atoms in total. The molecule has 0 saturated carbocycles. The normalized spacial score (nSPS) is 13.5. The third-order valence-electron chi connectivity index (χ3n) is 1.11. The monoisotopic (exact) mass is 197 g/mol. The molecule has 0 aliphatic rings. The summed E-state index contributed by atoms with van der Waals surface area (Å²) in [6.45, 7) is 5.46. The van der Waals surface area contributed by atoms with E-state index in [1.165, 1.54) is 0 Å². The Hall–Kier alpha value is 0.260. The van der Waals surface area contributed by atoms with E-state index in [2.05, 4.69) is 0 Å². The van der Waals surface area contributed by atoms with Crippen LogP contribution in [0.5, 0.6) is 0 Å². The molecular weight excluding hydrogens is 182 g/mol. The van der Waals surface area contributed by atoms with Gasteiger partial charge in [0.15, 0.2) is 0 Å². The number of hydrogen-bond acceptors (Lipinski definition) is 4. The minimum atomic E-state index is -3.02. The van der Waals surface area contributed by atoms with Gasteiger partial charge in [-0.05, 0) is 31.6 Å². The fourth-order valence-electron chi connectivity index (χ4n) is 0.335. The summed E-state index contributed by atoms with van der Waals surface area (Å²) in [6, 6.07) is 0. The zero-order valence-electron chi connectivity index (χ0n) is 7.12. The van der Waals surface area contributed by atoms with E-state index in [0.29, 0.717) is 12.3 Å². The number of nitrogens with two attached hydrogens (primary N) is 1. The molecule has 0 fully saturated rings. The van der Waals surface area contributed by atoms with Crippen LogP contribution in [0, 0.1) is 0 Å². The zero-order valence-corrected chi connectivity index (χ0v) is 8.76. The Morgan fingerprint density at radius 1 is 1.36 bits per heavy atom. The van der Waals surface area contributed by atoms with Crippen molar-refractivity contribution < 1.29 is 8.42 Å². The van der Waals surface area contributed by atoms with Crippen LogP contribution in [0.1, 0.15) is 20.8 Å². The topological polar surface area (TPSA) is 60.2 Å². The minimum absolute atomic E-state index is 0.403. The highest BCUT2D eigenvalue weighted by Crippen LogP contribution is 2.26. The zero-order chi connectivity index (χ0) is 9.12. The predicted octanol–water partition coefficient (Wildman–Crippen LogP) is 0.807. The molecule has 11 heavy (non-hydrogen) atoms. The lowest BCUT2D eigenvalue weighted by Crippen LogP contribution is -2.25. The van der Waals surface area contributed by atoms with Gasteiger partial charge in [-0.25, -0.2) is 8.42 Å². The van der Waals surface area contributed by atoms with Crippen LogP contribution in [0.4, 0.5) is 0 Å². The van der Waals surface area contributed by atoms with E-state index in [1.807, 2.05) is 0 Å². The summed E-state index contributed by atoms with van der Waals surface area (Å²) in [5, 5.41) is 0. The molecule has 0 aliphatic carbocycles. The highest BCUT2D eigenvalue weighted by molar-refractivity contribution is 8.72. The standard InChI is InChI=1S/C6H15NO2S2/c1-6(2,3)11(8,9)10-5-4-7/h4-5,7H2,1-3H3. The van der Waals surface area contributed by atoms with Gasteiger partial charge in [0, 0.05) is 12.3 Å². The van der Waals surface area contributed by atoms with E-state index in [-0.39, 0.29) is 0 Å². The van der Waals surface area contributed by atoms with Gasteiger partial charge >= 0.3 is 0 Å². The fourth-order valence-corrected chi connectivity index (χ4v) is 3.01. The van der Waals surface area contributed by atoms with Crippen molar-refractivity contribution >= 4 is 19.7 Å². The molecule has 2 N–H and O–H groups in total. The van der Waals surface area contributed by atoms with Gasteiger partial charge in [-0.2, -0.15) is 0 Å². The van der Waals surface area contributed by atoms with E-state index < -0.39 is 13.6 Å². The van der Waals surface area contributed by atoms with Crippen molar-refractivity contribution in [1.29, 1.82) is 0 Å². The van der Waals surface area contributed by atoms with Crippen molar-refractivity contribution in [2.24, 2.45) is 5.73 Å². The maximum atomic E-state index is 11.3. The second-order valence-electron chi connectivity index (χ2n) is 3.18. The molecule has 5 heteroatoms. The first kappa shape index (κ1) is 11.3. The summed E-state index contributed by atoms with van der Waals surface area (Å²) in [5.41, 5.74) is 5.19. The molecular formula is C6H15NO2S2.